The van der Waals surface area contributed by atoms with Crippen molar-refractivity contribution in [1.29, 1.82) is 0 Å². The lowest BCUT2D eigenvalue weighted by Crippen LogP contribution is -2.39. The summed E-state index contributed by atoms with van der Waals surface area (Å²) in [5.41, 5.74) is 1.58. The molecular weight excluding hydrogens is 278 g/mol. The van der Waals surface area contributed by atoms with E-state index in [2.05, 4.69) is 5.10 Å². The number of methoxy groups -OCH3 is 1. The molecule has 118 valence electrons. The molecular formula is C17H23N3O2. The molecule has 0 bridgehead atoms. The Balaban J connectivity index is 1.72. The molecule has 2 heterocycles. The minimum atomic E-state index is 0.0574. The van der Waals surface area contributed by atoms with E-state index in [0.29, 0.717) is 11.6 Å². The number of ether oxygens (including phenoxy) is 1. The standard InChI is InChI=1S/C17H23N3O2/c1-19-15-6-4-3-5-14(15)16(18-19)17(21)20-10-7-13(8-11-20)9-12-22-2/h3-6,13H,7-12H2,1-2H3. The molecule has 0 unspecified atom stereocenters. The number of nitrogens with zero attached hydrogens (tertiary/aromatic N) is 3. The Labute approximate surface area is 130 Å². The molecule has 22 heavy (non-hydrogen) atoms. The van der Waals surface area contributed by atoms with Gasteiger partial charge in [0.1, 0.15) is 0 Å². The summed E-state index contributed by atoms with van der Waals surface area (Å²) in [7, 11) is 3.63. The lowest BCUT2D eigenvalue weighted by molar-refractivity contribution is 0.0665. The van der Waals surface area contributed by atoms with Gasteiger partial charge in [-0.1, -0.05) is 18.2 Å². The largest absolute Gasteiger partial charge is 0.385 e. The molecule has 2 aromatic rings. The van der Waals surface area contributed by atoms with E-state index >= 15 is 0 Å². The number of rotatable bonds is 4. The minimum absolute atomic E-state index is 0.0574. The molecule has 0 saturated carbocycles. The number of aryl methyl sites for hydroxylation is 1. The topological polar surface area (TPSA) is 47.4 Å². The maximum Gasteiger partial charge on any atom is 0.275 e. The van der Waals surface area contributed by atoms with Gasteiger partial charge in [-0.3, -0.25) is 9.48 Å². The zero-order valence-electron chi connectivity index (χ0n) is 13.3. The second-order valence-electron chi connectivity index (χ2n) is 6.01. The highest BCUT2D eigenvalue weighted by Gasteiger charge is 2.26. The smallest absolute Gasteiger partial charge is 0.275 e. The van der Waals surface area contributed by atoms with E-state index in [1.165, 1.54) is 0 Å². The highest BCUT2D eigenvalue weighted by molar-refractivity contribution is 6.04. The fraction of sp³-hybridized carbons (Fsp3) is 0.529. The van der Waals surface area contributed by atoms with Crippen molar-refractivity contribution in [1.82, 2.24) is 14.7 Å². The van der Waals surface area contributed by atoms with Gasteiger partial charge in [-0.15, -0.1) is 0 Å². The third-order valence-corrected chi connectivity index (χ3v) is 4.59. The van der Waals surface area contributed by atoms with Gasteiger partial charge in [0.2, 0.25) is 0 Å². The number of aromatic nitrogens is 2. The molecule has 0 aliphatic carbocycles. The first-order valence-corrected chi connectivity index (χ1v) is 7.90. The van der Waals surface area contributed by atoms with E-state index < -0.39 is 0 Å². The van der Waals surface area contributed by atoms with Crippen LogP contribution >= 0.6 is 0 Å². The van der Waals surface area contributed by atoms with Gasteiger partial charge in [-0.2, -0.15) is 5.10 Å². The van der Waals surface area contributed by atoms with Crippen LogP contribution in [0.5, 0.6) is 0 Å². The van der Waals surface area contributed by atoms with Gasteiger partial charge in [0.25, 0.3) is 5.91 Å². The van der Waals surface area contributed by atoms with Gasteiger partial charge in [0, 0.05) is 39.2 Å². The van der Waals surface area contributed by atoms with Crippen LogP contribution in [0.15, 0.2) is 24.3 Å². The molecule has 1 saturated heterocycles. The molecule has 1 fully saturated rings. The number of carbonyl (C=O) groups is 1. The highest BCUT2D eigenvalue weighted by atomic mass is 16.5. The molecule has 1 aliphatic rings. The first-order chi connectivity index (χ1) is 10.7. The first-order valence-electron chi connectivity index (χ1n) is 7.90. The maximum absolute atomic E-state index is 12.8. The van der Waals surface area contributed by atoms with Gasteiger partial charge >= 0.3 is 0 Å². The number of hydrogen-bond donors (Lipinski definition) is 0. The van der Waals surface area contributed by atoms with Crippen LogP contribution in [0.25, 0.3) is 10.9 Å². The first kappa shape index (κ1) is 15.0. The molecule has 1 aromatic heterocycles. The Kier molecular flexibility index (Phi) is 4.43. The predicted molar refractivity (Wildman–Crippen MR) is 85.8 cm³/mol. The van der Waals surface area contributed by atoms with Crippen LogP contribution in [-0.2, 0) is 11.8 Å². The molecule has 0 spiro atoms. The second kappa shape index (κ2) is 6.48. The van der Waals surface area contributed by atoms with E-state index in [1.54, 1.807) is 11.8 Å². The minimum Gasteiger partial charge on any atom is -0.385 e. The van der Waals surface area contributed by atoms with Crippen molar-refractivity contribution in [3.05, 3.63) is 30.0 Å². The summed E-state index contributed by atoms with van der Waals surface area (Å²) < 4.78 is 6.93. The predicted octanol–water partition coefficient (Wildman–Crippen LogP) is 2.46. The summed E-state index contributed by atoms with van der Waals surface area (Å²) in [6.45, 7) is 2.44. The fourth-order valence-electron chi connectivity index (χ4n) is 3.23. The lowest BCUT2D eigenvalue weighted by atomic mass is 9.93. The summed E-state index contributed by atoms with van der Waals surface area (Å²) in [5.74, 6) is 0.728. The van der Waals surface area contributed by atoms with Crippen molar-refractivity contribution in [3.8, 4) is 0 Å². The number of para-hydroxylation sites is 1. The number of benzene rings is 1. The third-order valence-electron chi connectivity index (χ3n) is 4.59. The van der Waals surface area contributed by atoms with Gasteiger partial charge in [0.05, 0.1) is 5.52 Å². The lowest BCUT2D eigenvalue weighted by Gasteiger charge is -2.31. The number of piperidine rings is 1. The Hall–Kier alpha value is -1.88. The Bertz CT molecular complexity index is 657. The summed E-state index contributed by atoms with van der Waals surface area (Å²) in [4.78, 5) is 14.7. The number of fused-ring (bicyclic) bond motifs is 1. The number of amides is 1. The van der Waals surface area contributed by atoms with E-state index in [4.69, 9.17) is 4.74 Å². The van der Waals surface area contributed by atoms with Gasteiger partial charge < -0.3 is 9.64 Å². The van der Waals surface area contributed by atoms with E-state index in [1.807, 2.05) is 36.2 Å². The van der Waals surface area contributed by atoms with Crippen molar-refractivity contribution in [3.63, 3.8) is 0 Å². The van der Waals surface area contributed by atoms with Gasteiger partial charge in [-0.25, -0.2) is 0 Å². The van der Waals surface area contributed by atoms with Crippen LogP contribution in [0.2, 0.25) is 0 Å². The molecule has 0 atom stereocenters. The monoisotopic (exact) mass is 301 g/mol. The van der Waals surface area contributed by atoms with Crippen LogP contribution in [0, 0.1) is 5.92 Å². The van der Waals surface area contributed by atoms with Crippen molar-refractivity contribution in [2.45, 2.75) is 19.3 Å². The van der Waals surface area contributed by atoms with E-state index in [9.17, 15) is 4.79 Å². The molecule has 3 rings (SSSR count). The van der Waals surface area contributed by atoms with Crippen LogP contribution in [0.4, 0.5) is 0 Å². The highest BCUT2D eigenvalue weighted by Crippen LogP contribution is 2.24. The molecule has 5 nitrogen and oxygen atoms in total. The summed E-state index contributed by atoms with van der Waals surface area (Å²) in [6.07, 6.45) is 3.20. The van der Waals surface area contributed by atoms with Crippen LogP contribution in [0.3, 0.4) is 0 Å². The van der Waals surface area contributed by atoms with E-state index in [-0.39, 0.29) is 5.91 Å². The second-order valence-corrected chi connectivity index (χ2v) is 6.01. The summed E-state index contributed by atoms with van der Waals surface area (Å²) >= 11 is 0. The van der Waals surface area contributed by atoms with Crippen LogP contribution in [0.1, 0.15) is 29.8 Å². The Morgan fingerprint density at radius 1 is 1.32 bits per heavy atom. The normalized spacial score (nSPS) is 16.4. The van der Waals surface area contributed by atoms with Gasteiger partial charge in [-0.05, 0) is 31.2 Å². The van der Waals surface area contributed by atoms with Crippen molar-refractivity contribution < 1.29 is 9.53 Å². The summed E-state index contributed by atoms with van der Waals surface area (Å²) in [6, 6.07) is 7.90. The quantitative estimate of drug-likeness (QED) is 0.871. The number of carbonyl (C=O) groups excluding carboxylic acids is 1. The van der Waals surface area contributed by atoms with Crippen LogP contribution < -0.4 is 0 Å². The van der Waals surface area contributed by atoms with E-state index in [0.717, 1.165) is 49.9 Å². The maximum atomic E-state index is 12.8. The molecule has 1 aromatic carbocycles. The third kappa shape index (κ3) is 2.86. The zero-order valence-corrected chi connectivity index (χ0v) is 13.3. The molecule has 0 N–H and O–H groups in total. The fourth-order valence-corrected chi connectivity index (χ4v) is 3.23. The molecule has 0 radical (unpaired) electrons. The van der Waals surface area contributed by atoms with Crippen molar-refractivity contribution in [2.75, 3.05) is 26.8 Å². The van der Waals surface area contributed by atoms with Crippen molar-refractivity contribution >= 4 is 16.8 Å². The molecule has 1 amide bonds. The molecule has 5 heteroatoms. The average molecular weight is 301 g/mol. The summed E-state index contributed by atoms with van der Waals surface area (Å²) in [5, 5.41) is 5.38. The Morgan fingerprint density at radius 3 is 2.77 bits per heavy atom. The molecule has 1 aliphatic heterocycles. The van der Waals surface area contributed by atoms with Gasteiger partial charge in [0.15, 0.2) is 5.69 Å². The average Bonchev–Trinajstić information content (AvgIpc) is 2.90. The van der Waals surface area contributed by atoms with Crippen LogP contribution in [-0.4, -0.2) is 47.4 Å². The zero-order chi connectivity index (χ0) is 15.5. The van der Waals surface area contributed by atoms with Crippen molar-refractivity contribution in [2.24, 2.45) is 13.0 Å². The SMILES string of the molecule is COCCC1CCN(C(=O)c2nn(C)c3ccccc23)CC1. The number of hydrogen-bond acceptors (Lipinski definition) is 3. The number of likely N-dealkylation sites (tertiary alicyclic amines) is 1. The Morgan fingerprint density at radius 2 is 2.05 bits per heavy atom.